The predicted molar refractivity (Wildman–Crippen MR) is 75.4 cm³/mol. The number of nitrogens with zero attached hydrogens (tertiary/aromatic N) is 1. The second-order valence-electron chi connectivity index (χ2n) is 4.52. The first-order valence-electron chi connectivity index (χ1n) is 5.98. The van der Waals surface area contributed by atoms with Crippen molar-refractivity contribution in [1.82, 2.24) is 4.98 Å². The van der Waals surface area contributed by atoms with E-state index >= 15 is 0 Å². The quantitative estimate of drug-likeness (QED) is 0.840. The third kappa shape index (κ3) is 3.33. The minimum Gasteiger partial charge on any atom is -0.379 e. The lowest BCUT2D eigenvalue weighted by Gasteiger charge is -2.32. The fourth-order valence-electron chi connectivity index (χ4n) is 2.40. The molecule has 2 rings (SSSR count). The van der Waals surface area contributed by atoms with Gasteiger partial charge in [-0.3, -0.25) is 0 Å². The Morgan fingerprint density at radius 1 is 1.47 bits per heavy atom. The number of rotatable bonds is 3. The first-order chi connectivity index (χ1) is 8.20. The van der Waals surface area contributed by atoms with Gasteiger partial charge in [0, 0.05) is 16.7 Å². The lowest BCUT2D eigenvalue weighted by Crippen LogP contribution is -2.36. The average Bonchev–Trinajstić information content (AvgIpc) is 2.34. The molecule has 0 bridgehead atoms. The normalized spacial score (nSPS) is 24.6. The highest BCUT2D eigenvalue weighted by atomic mass is 79.9. The van der Waals surface area contributed by atoms with Crippen LogP contribution in [0.1, 0.15) is 25.7 Å². The molecule has 1 aliphatic carbocycles. The van der Waals surface area contributed by atoms with Gasteiger partial charge in [0.15, 0.2) is 5.15 Å². The second-order valence-corrected chi connectivity index (χ2v) is 5.80. The molecule has 0 amide bonds. The van der Waals surface area contributed by atoms with Gasteiger partial charge >= 0.3 is 0 Å². The number of hydrogen-bond acceptors (Lipinski definition) is 3. The molecule has 5 heteroatoms. The maximum absolute atomic E-state index is 6.08. The van der Waals surface area contributed by atoms with Crippen LogP contribution in [0.15, 0.2) is 16.7 Å². The molecule has 1 saturated carbocycles. The molecule has 0 spiro atoms. The molecule has 1 aliphatic rings. The van der Waals surface area contributed by atoms with Gasteiger partial charge in [-0.2, -0.15) is 0 Å². The van der Waals surface area contributed by atoms with Crippen molar-refractivity contribution < 1.29 is 0 Å². The van der Waals surface area contributed by atoms with Crippen LogP contribution in [-0.4, -0.2) is 17.6 Å². The summed E-state index contributed by atoms with van der Waals surface area (Å²) in [5.74, 6) is 0.541. The summed E-state index contributed by atoms with van der Waals surface area (Å²) in [6.45, 7) is 0.733. The number of pyridine rings is 1. The van der Waals surface area contributed by atoms with E-state index in [1.54, 1.807) is 6.20 Å². The fraction of sp³-hybridized carbons (Fsp3) is 0.583. The Labute approximate surface area is 115 Å². The molecule has 1 fully saturated rings. The van der Waals surface area contributed by atoms with Crippen LogP contribution < -0.4 is 11.1 Å². The molecule has 2 atom stereocenters. The van der Waals surface area contributed by atoms with Gasteiger partial charge in [-0.05, 0) is 47.3 Å². The van der Waals surface area contributed by atoms with Crippen molar-refractivity contribution in [2.75, 3.05) is 11.9 Å². The highest BCUT2D eigenvalue weighted by molar-refractivity contribution is 9.10. The van der Waals surface area contributed by atoms with Crippen molar-refractivity contribution in [3.8, 4) is 0 Å². The molecular formula is C12H17BrClN3. The summed E-state index contributed by atoms with van der Waals surface area (Å²) in [7, 11) is 0. The Balaban J connectivity index is 2.10. The number of hydrogen-bond donors (Lipinski definition) is 2. The van der Waals surface area contributed by atoms with Crippen molar-refractivity contribution in [2.24, 2.45) is 11.7 Å². The zero-order valence-electron chi connectivity index (χ0n) is 9.63. The smallest absolute Gasteiger partial charge is 0.152 e. The summed E-state index contributed by atoms with van der Waals surface area (Å²) >= 11 is 9.49. The van der Waals surface area contributed by atoms with Crippen molar-refractivity contribution in [2.45, 2.75) is 31.7 Å². The van der Waals surface area contributed by atoms with E-state index in [1.165, 1.54) is 19.3 Å². The first-order valence-corrected chi connectivity index (χ1v) is 7.15. The van der Waals surface area contributed by atoms with Gasteiger partial charge < -0.3 is 11.1 Å². The van der Waals surface area contributed by atoms with Crippen LogP contribution in [0.4, 0.5) is 5.69 Å². The number of nitrogens with one attached hydrogen (secondary N) is 1. The number of halogens is 2. The Hall–Kier alpha value is -0.320. The lowest BCUT2D eigenvalue weighted by atomic mass is 9.84. The van der Waals surface area contributed by atoms with E-state index in [9.17, 15) is 0 Å². The minimum atomic E-state index is 0.419. The molecule has 0 radical (unpaired) electrons. The second kappa shape index (κ2) is 6.03. The standard InChI is InChI=1S/C12H17BrClN3/c13-9-5-11(12(14)16-7-9)17-10-4-2-1-3-8(10)6-15/h5,7-8,10,17H,1-4,6,15H2. The SMILES string of the molecule is NCC1CCCCC1Nc1cc(Br)cnc1Cl. The molecule has 3 nitrogen and oxygen atoms in total. The third-order valence-corrected chi connectivity index (χ3v) is 4.09. The molecular weight excluding hydrogens is 302 g/mol. The largest absolute Gasteiger partial charge is 0.379 e. The van der Waals surface area contributed by atoms with E-state index in [1.807, 2.05) is 6.07 Å². The van der Waals surface area contributed by atoms with Gasteiger partial charge in [-0.1, -0.05) is 24.4 Å². The van der Waals surface area contributed by atoms with Crippen LogP contribution in [0.5, 0.6) is 0 Å². The molecule has 1 heterocycles. The van der Waals surface area contributed by atoms with Gasteiger partial charge in [-0.25, -0.2) is 4.98 Å². The number of aromatic nitrogens is 1. The van der Waals surface area contributed by atoms with Gasteiger partial charge in [-0.15, -0.1) is 0 Å². The van der Waals surface area contributed by atoms with E-state index < -0.39 is 0 Å². The minimum absolute atomic E-state index is 0.419. The molecule has 17 heavy (non-hydrogen) atoms. The van der Waals surface area contributed by atoms with Crippen LogP contribution in [0.2, 0.25) is 5.15 Å². The summed E-state index contributed by atoms with van der Waals surface area (Å²) in [4.78, 5) is 4.12. The van der Waals surface area contributed by atoms with Crippen LogP contribution in [0.25, 0.3) is 0 Å². The summed E-state index contributed by atoms with van der Waals surface area (Å²) in [5.41, 5.74) is 6.71. The van der Waals surface area contributed by atoms with Crippen LogP contribution in [-0.2, 0) is 0 Å². The maximum atomic E-state index is 6.08. The third-order valence-electron chi connectivity index (χ3n) is 3.36. The molecule has 1 aromatic rings. The van der Waals surface area contributed by atoms with Gasteiger partial charge in [0.05, 0.1) is 5.69 Å². The summed E-state index contributed by atoms with van der Waals surface area (Å²) < 4.78 is 0.935. The molecule has 0 saturated heterocycles. The van der Waals surface area contributed by atoms with Crippen molar-refractivity contribution in [3.63, 3.8) is 0 Å². The fourth-order valence-corrected chi connectivity index (χ4v) is 2.89. The maximum Gasteiger partial charge on any atom is 0.152 e. The molecule has 3 N–H and O–H groups in total. The van der Waals surface area contributed by atoms with Crippen molar-refractivity contribution in [1.29, 1.82) is 0 Å². The Morgan fingerprint density at radius 2 is 2.24 bits per heavy atom. The van der Waals surface area contributed by atoms with Gasteiger partial charge in [0.2, 0.25) is 0 Å². The Kier molecular flexibility index (Phi) is 4.65. The molecule has 0 aromatic carbocycles. The number of anilines is 1. The van der Waals surface area contributed by atoms with Crippen LogP contribution in [0.3, 0.4) is 0 Å². The van der Waals surface area contributed by atoms with Gasteiger partial charge in [0.25, 0.3) is 0 Å². The summed E-state index contributed by atoms with van der Waals surface area (Å²) in [6.07, 6.45) is 6.60. The van der Waals surface area contributed by atoms with E-state index in [0.29, 0.717) is 17.1 Å². The van der Waals surface area contributed by atoms with E-state index in [2.05, 4.69) is 26.2 Å². The van der Waals surface area contributed by atoms with E-state index in [0.717, 1.165) is 23.1 Å². The zero-order valence-corrected chi connectivity index (χ0v) is 12.0. The van der Waals surface area contributed by atoms with E-state index in [4.69, 9.17) is 17.3 Å². The zero-order chi connectivity index (χ0) is 12.3. The Morgan fingerprint density at radius 3 is 3.00 bits per heavy atom. The Bertz CT molecular complexity index is 386. The predicted octanol–water partition coefficient (Wildman–Crippen LogP) is 3.43. The monoisotopic (exact) mass is 317 g/mol. The van der Waals surface area contributed by atoms with Crippen LogP contribution >= 0.6 is 27.5 Å². The van der Waals surface area contributed by atoms with Crippen molar-refractivity contribution in [3.05, 3.63) is 21.9 Å². The molecule has 94 valence electrons. The molecule has 2 unspecified atom stereocenters. The van der Waals surface area contributed by atoms with Crippen molar-refractivity contribution >= 4 is 33.2 Å². The van der Waals surface area contributed by atoms with Crippen LogP contribution in [0, 0.1) is 5.92 Å². The average molecular weight is 319 g/mol. The topological polar surface area (TPSA) is 50.9 Å². The summed E-state index contributed by atoms with van der Waals surface area (Å²) in [5, 5.41) is 4.01. The lowest BCUT2D eigenvalue weighted by molar-refractivity contribution is 0.332. The highest BCUT2D eigenvalue weighted by Gasteiger charge is 2.24. The molecule has 0 aliphatic heterocycles. The van der Waals surface area contributed by atoms with Gasteiger partial charge in [0.1, 0.15) is 0 Å². The molecule has 1 aromatic heterocycles. The number of nitrogens with two attached hydrogens (primary N) is 1. The first kappa shape index (κ1) is 13.1. The highest BCUT2D eigenvalue weighted by Crippen LogP contribution is 2.30. The van der Waals surface area contributed by atoms with E-state index in [-0.39, 0.29) is 0 Å². The summed E-state index contributed by atoms with van der Waals surface area (Å²) in [6, 6.07) is 2.39.